The molecule has 0 radical (unpaired) electrons. The molecule has 0 atom stereocenters. The van der Waals surface area contributed by atoms with E-state index >= 15 is 0 Å². The summed E-state index contributed by atoms with van der Waals surface area (Å²) in [6.45, 7) is 3.41. The molecule has 0 spiro atoms. The zero-order valence-electron chi connectivity index (χ0n) is 3.97. The van der Waals surface area contributed by atoms with Crippen LogP contribution in [0.3, 0.4) is 0 Å². The van der Waals surface area contributed by atoms with Gasteiger partial charge in [-0.1, -0.05) is 13.8 Å². The summed E-state index contributed by atoms with van der Waals surface area (Å²) >= 11 is 0. The number of aliphatic hydroxyl groups is 1. The highest BCUT2D eigenvalue weighted by Gasteiger charge is 1.84. The minimum atomic E-state index is -0.491. The molecular formula is C4H8NO-. The molecule has 0 aliphatic carbocycles. The van der Waals surface area contributed by atoms with Crippen LogP contribution in [0, 0.1) is 5.92 Å². The fourth-order valence-corrected chi connectivity index (χ4v) is 0. The Labute approximate surface area is 37.3 Å². The zero-order valence-corrected chi connectivity index (χ0v) is 3.97. The van der Waals surface area contributed by atoms with Crippen molar-refractivity contribution in [1.82, 2.24) is 0 Å². The van der Waals surface area contributed by atoms with Gasteiger partial charge < -0.3 is 10.5 Å². The first kappa shape index (κ1) is 5.47. The van der Waals surface area contributed by atoms with E-state index in [1.54, 1.807) is 13.8 Å². The van der Waals surface area contributed by atoms with Gasteiger partial charge in [0.2, 0.25) is 0 Å². The van der Waals surface area contributed by atoms with E-state index < -0.39 is 5.90 Å². The van der Waals surface area contributed by atoms with Crippen LogP contribution in [0.2, 0.25) is 0 Å². The lowest BCUT2D eigenvalue weighted by molar-refractivity contribution is 0.514. The molecule has 0 aliphatic heterocycles. The van der Waals surface area contributed by atoms with E-state index in [1.807, 2.05) is 0 Å². The first-order valence-electron chi connectivity index (χ1n) is 1.89. The normalized spacial score (nSPS) is 9.17. The highest BCUT2D eigenvalue weighted by Crippen LogP contribution is 1.88. The van der Waals surface area contributed by atoms with Gasteiger partial charge in [-0.05, 0) is 11.8 Å². The summed E-state index contributed by atoms with van der Waals surface area (Å²) in [5.41, 5.74) is 0. The quantitative estimate of drug-likeness (QED) is 0.377. The summed E-state index contributed by atoms with van der Waals surface area (Å²) in [5, 5.41) is 16.2. The second kappa shape index (κ2) is 1.80. The van der Waals surface area contributed by atoms with Gasteiger partial charge in [0.1, 0.15) is 0 Å². The molecule has 0 rings (SSSR count). The Hall–Kier alpha value is -0.530. The smallest absolute Gasteiger partial charge is 0.0121 e. The van der Waals surface area contributed by atoms with Gasteiger partial charge in [-0.25, -0.2) is 0 Å². The van der Waals surface area contributed by atoms with E-state index in [-0.39, 0.29) is 5.92 Å². The van der Waals surface area contributed by atoms with E-state index in [9.17, 15) is 0 Å². The molecule has 0 aromatic heterocycles. The summed E-state index contributed by atoms with van der Waals surface area (Å²) < 4.78 is 0. The third kappa shape index (κ3) is 1.76. The van der Waals surface area contributed by atoms with E-state index in [4.69, 9.17) is 10.5 Å². The highest BCUT2D eigenvalue weighted by atomic mass is 16.3. The summed E-state index contributed by atoms with van der Waals surface area (Å²) in [6, 6.07) is 0. The number of hydrogen-bond acceptors (Lipinski definition) is 0. The Kier molecular flexibility index (Phi) is 1.64. The molecule has 1 N–H and O–H groups in total. The van der Waals surface area contributed by atoms with Crippen molar-refractivity contribution in [2.24, 2.45) is 5.92 Å². The Morgan fingerprint density at radius 3 is 1.83 bits per heavy atom. The van der Waals surface area contributed by atoms with Gasteiger partial charge in [0.25, 0.3) is 0 Å². The summed E-state index contributed by atoms with van der Waals surface area (Å²) in [6.07, 6.45) is 0. The molecular weight excluding hydrogens is 78.0 g/mol. The van der Waals surface area contributed by atoms with Gasteiger partial charge in [0, 0.05) is 0 Å². The van der Waals surface area contributed by atoms with Gasteiger partial charge in [0.15, 0.2) is 0 Å². The largest absolute Gasteiger partial charge is 0.775 e. The van der Waals surface area contributed by atoms with Crippen LogP contribution in [-0.2, 0) is 0 Å². The van der Waals surface area contributed by atoms with Crippen molar-refractivity contribution in [2.75, 3.05) is 0 Å². The Bertz CT molecular complexity index is 58.6. The minimum absolute atomic E-state index is 0.120. The lowest BCUT2D eigenvalue weighted by atomic mass is 10.2. The maximum Gasteiger partial charge on any atom is -0.0121 e. The predicted octanol–water partition coefficient (Wildman–Crippen LogP) is 1.17. The predicted molar refractivity (Wildman–Crippen MR) is 25.8 cm³/mol. The number of rotatable bonds is 1. The van der Waals surface area contributed by atoms with E-state index in [0.29, 0.717) is 0 Å². The standard InChI is InChI=1S/C4H8NO/c1-3(2)4(5)6/h3H,1-2H3,(H-,5,6)/q-1. The maximum absolute atomic E-state index is 8.10. The van der Waals surface area contributed by atoms with Gasteiger partial charge in [-0.15, -0.1) is 0 Å². The Morgan fingerprint density at radius 1 is 1.67 bits per heavy atom. The van der Waals surface area contributed by atoms with Gasteiger partial charge in [0.05, 0.1) is 0 Å². The number of aliphatic hydroxyl groups excluding tert-OH is 1. The molecule has 0 aromatic rings. The molecule has 36 valence electrons. The summed E-state index contributed by atoms with van der Waals surface area (Å²) in [4.78, 5) is 0. The lowest BCUT2D eigenvalue weighted by Gasteiger charge is -2.05. The molecule has 0 aliphatic rings. The molecule has 0 saturated heterocycles. The van der Waals surface area contributed by atoms with Crippen LogP contribution < -0.4 is 0 Å². The zero-order chi connectivity index (χ0) is 5.15. The number of hydrogen-bond donors (Lipinski definition) is 1. The van der Waals surface area contributed by atoms with Crippen LogP contribution in [0.5, 0.6) is 0 Å². The maximum atomic E-state index is 8.10. The molecule has 0 bridgehead atoms. The van der Waals surface area contributed by atoms with Crippen molar-refractivity contribution in [3.8, 4) is 0 Å². The molecule has 2 heteroatoms. The van der Waals surface area contributed by atoms with E-state index in [0.717, 1.165) is 0 Å². The lowest BCUT2D eigenvalue weighted by Crippen LogP contribution is -2.01. The SMILES string of the molecule is CC(C)C(=[N-])O. The molecule has 0 saturated carbocycles. The molecule has 0 fully saturated rings. The fraction of sp³-hybridized carbons (Fsp3) is 0.750. The summed E-state index contributed by atoms with van der Waals surface area (Å²) in [5.74, 6) is -0.611. The van der Waals surface area contributed by atoms with Crippen molar-refractivity contribution >= 4 is 5.90 Å². The van der Waals surface area contributed by atoms with E-state index in [1.165, 1.54) is 0 Å². The first-order valence-corrected chi connectivity index (χ1v) is 1.89. The molecule has 2 nitrogen and oxygen atoms in total. The molecule has 0 aromatic carbocycles. The number of nitrogens with zero attached hydrogens (tertiary/aromatic N) is 1. The van der Waals surface area contributed by atoms with Crippen molar-refractivity contribution in [3.05, 3.63) is 5.41 Å². The average Bonchev–Trinajstić information content (AvgIpc) is 1.36. The van der Waals surface area contributed by atoms with E-state index in [2.05, 4.69) is 0 Å². The van der Waals surface area contributed by atoms with Crippen LogP contribution in [-0.4, -0.2) is 11.0 Å². The molecule has 0 unspecified atom stereocenters. The Morgan fingerprint density at radius 2 is 1.83 bits per heavy atom. The van der Waals surface area contributed by atoms with Gasteiger partial charge in [-0.2, -0.15) is 0 Å². The monoisotopic (exact) mass is 86.1 g/mol. The highest BCUT2D eigenvalue weighted by molar-refractivity contribution is 5.78. The average molecular weight is 86.1 g/mol. The van der Waals surface area contributed by atoms with Crippen LogP contribution in [0.4, 0.5) is 0 Å². The fourth-order valence-electron chi connectivity index (χ4n) is 0. The topological polar surface area (TPSA) is 42.5 Å². The molecule has 6 heavy (non-hydrogen) atoms. The van der Waals surface area contributed by atoms with Crippen LogP contribution in [0.25, 0.3) is 5.41 Å². The van der Waals surface area contributed by atoms with Crippen LogP contribution in [0.15, 0.2) is 0 Å². The van der Waals surface area contributed by atoms with Crippen molar-refractivity contribution in [3.63, 3.8) is 0 Å². The third-order valence-corrected chi connectivity index (χ3v) is 0.516. The second-order valence-electron chi connectivity index (χ2n) is 1.51. The van der Waals surface area contributed by atoms with Crippen molar-refractivity contribution in [2.45, 2.75) is 13.8 Å². The molecule has 0 amide bonds. The Balaban J connectivity index is 3.26. The first-order chi connectivity index (χ1) is 2.64. The van der Waals surface area contributed by atoms with Gasteiger partial charge >= 0.3 is 0 Å². The van der Waals surface area contributed by atoms with Crippen molar-refractivity contribution < 1.29 is 5.11 Å². The third-order valence-electron chi connectivity index (χ3n) is 0.516. The minimum Gasteiger partial charge on any atom is -0.775 e. The van der Waals surface area contributed by atoms with Crippen molar-refractivity contribution in [1.29, 1.82) is 0 Å². The molecule has 0 heterocycles. The van der Waals surface area contributed by atoms with Gasteiger partial charge in [-0.3, -0.25) is 0 Å². The van der Waals surface area contributed by atoms with Crippen LogP contribution >= 0.6 is 0 Å². The summed E-state index contributed by atoms with van der Waals surface area (Å²) in [7, 11) is 0. The van der Waals surface area contributed by atoms with Crippen LogP contribution in [0.1, 0.15) is 13.8 Å². The second-order valence-corrected chi connectivity index (χ2v) is 1.51.